The van der Waals surface area contributed by atoms with Crippen LogP contribution in [0.25, 0.3) is 0 Å². The highest BCUT2D eigenvalue weighted by molar-refractivity contribution is 9.10. The van der Waals surface area contributed by atoms with E-state index in [0.29, 0.717) is 6.04 Å². The van der Waals surface area contributed by atoms with Crippen LogP contribution in [-0.4, -0.2) is 13.1 Å². The largest absolute Gasteiger partial charge is 0.317 e. The van der Waals surface area contributed by atoms with Gasteiger partial charge in [-0.05, 0) is 49.9 Å². The zero-order valence-electron chi connectivity index (χ0n) is 9.88. The molecular weight excluding hydrogens is 262 g/mol. The van der Waals surface area contributed by atoms with Gasteiger partial charge in [0.2, 0.25) is 0 Å². The fourth-order valence-corrected chi connectivity index (χ4v) is 3.25. The van der Waals surface area contributed by atoms with Crippen molar-refractivity contribution in [1.82, 2.24) is 5.32 Å². The summed E-state index contributed by atoms with van der Waals surface area (Å²) in [5.41, 5.74) is 1.46. The minimum absolute atomic E-state index is 0.715. The van der Waals surface area contributed by atoms with Crippen LogP contribution in [0.15, 0.2) is 28.7 Å². The lowest BCUT2D eigenvalue weighted by molar-refractivity contribution is 0.273. The zero-order chi connectivity index (χ0) is 11.4. The molecule has 0 spiro atoms. The Morgan fingerprint density at radius 1 is 1.31 bits per heavy atom. The van der Waals surface area contributed by atoms with Crippen LogP contribution in [0.3, 0.4) is 0 Å². The van der Waals surface area contributed by atoms with Gasteiger partial charge >= 0.3 is 0 Å². The lowest BCUT2D eigenvalue weighted by Crippen LogP contribution is -2.37. The summed E-state index contributed by atoms with van der Waals surface area (Å²) in [7, 11) is 2.10. The molecule has 1 saturated carbocycles. The summed E-state index contributed by atoms with van der Waals surface area (Å²) in [5, 5.41) is 3.48. The van der Waals surface area contributed by atoms with Gasteiger partial charge in [-0.15, -0.1) is 0 Å². The van der Waals surface area contributed by atoms with Gasteiger partial charge in [-0.1, -0.05) is 40.9 Å². The van der Waals surface area contributed by atoms with Crippen molar-refractivity contribution in [2.24, 2.45) is 5.92 Å². The number of nitrogens with one attached hydrogen (secondary N) is 1. The molecule has 0 radical (unpaired) electrons. The maximum Gasteiger partial charge on any atom is 0.0177 e. The molecule has 1 aliphatic rings. The molecule has 2 unspecified atom stereocenters. The van der Waals surface area contributed by atoms with Gasteiger partial charge in [0.15, 0.2) is 0 Å². The van der Waals surface area contributed by atoms with E-state index in [0.717, 1.165) is 5.92 Å². The van der Waals surface area contributed by atoms with Crippen molar-refractivity contribution in [3.63, 3.8) is 0 Å². The average molecular weight is 282 g/mol. The van der Waals surface area contributed by atoms with E-state index in [-0.39, 0.29) is 0 Å². The van der Waals surface area contributed by atoms with Gasteiger partial charge < -0.3 is 5.32 Å². The van der Waals surface area contributed by atoms with E-state index >= 15 is 0 Å². The highest BCUT2D eigenvalue weighted by Gasteiger charge is 2.23. The molecule has 16 heavy (non-hydrogen) atoms. The summed E-state index contributed by atoms with van der Waals surface area (Å²) in [6.07, 6.45) is 6.72. The van der Waals surface area contributed by atoms with Crippen LogP contribution in [0.5, 0.6) is 0 Å². The Morgan fingerprint density at radius 2 is 2.12 bits per heavy atom. The van der Waals surface area contributed by atoms with E-state index in [4.69, 9.17) is 0 Å². The fourth-order valence-electron chi connectivity index (χ4n) is 2.80. The maximum atomic E-state index is 3.54. The first kappa shape index (κ1) is 12.1. The topological polar surface area (TPSA) is 12.0 Å². The standard InChI is InChI=1S/C14H20BrN/c1-16-14-8-3-2-6-12(14)9-11-5-4-7-13(15)10-11/h4-5,7,10,12,14,16H,2-3,6,8-9H2,1H3. The summed E-state index contributed by atoms with van der Waals surface area (Å²) >= 11 is 3.54. The first-order chi connectivity index (χ1) is 7.79. The average Bonchev–Trinajstić information content (AvgIpc) is 2.30. The molecule has 0 aliphatic heterocycles. The number of rotatable bonds is 3. The van der Waals surface area contributed by atoms with E-state index in [2.05, 4.69) is 52.6 Å². The van der Waals surface area contributed by atoms with Crippen molar-refractivity contribution in [3.05, 3.63) is 34.3 Å². The van der Waals surface area contributed by atoms with Gasteiger partial charge in [0.25, 0.3) is 0 Å². The van der Waals surface area contributed by atoms with E-state index in [1.54, 1.807) is 0 Å². The summed E-state index contributed by atoms with van der Waals surface area (Å²) < 4.78 is 1.20. The number of halogens is 1. The molecule has 0 saturated heterocycles. The minimum Gasteiger partial charge on any atom is -0.317 e. The van der Waals surface area contributed by atoms with Gasteiger partial charge in [-0.3, -0.25) is 0 Å². The molecule has 1 N–H and O–H groups in total. The Labute approximate surface area is 107 Å². The first-order valence-electron chi connectivity index (χ1n) is 6.21. The van der Waals surface area contributed by atoms with Crippen LogP contribution in [-0.2, 0) is 6.42 Å². The van der Waals surface area contributed by atoms with Crippen molar-refractivity contribution in [2.75, 3.05) is 7.05 Å². The van der Waals surface area contributed by atoms with E-state index in [9.17, 15) is 0 Å². The van der Waals surface area contributed by atoms with Crippen LogP contribution >= 0.6 is 15.9 Å². The summed E-state index contributed by atoms with van der Waals surface area (Å²) in [6, 6.07) is 9.44. The van der Waals surface area contributed by atoms with Crippen molar-refractivity contribution in [3.8, 4) is 0 Å². The van der Waals surface area contributed by atoms with Crippen molar-refractivity contribution < 1.29 is 0 Å². The SMILES string of the molecule is CNC1CCCCC1Cc1cccc(Br)c1. The fraction of sp³-hybridized carbons (Fsp3) is 0.571. The van der Waals surface area contributed by atoms with Gasteiger partial charge in [-0.25, -0.2) is 0 Å². The lowest BCUT2D eigenvalue weighted by Gasteiger charge is -2.31. The number of hydrogen-bond acceptors (Lipinski definition) is 1. The second-order valence-electron chi connectivity index (χ2n) is 4.77. The van der Waals surface area contributed by atoms with E-state index < -0.39 is 0 Å². The quantitative estimate of drug-likeness (QED) is 0.890. The minimum atomic E-state index is 0.715. The Bertz CT molecular complexity index is 337. The van der Waals surface area contributed by atoms with Crippen LogP contribution in [0, 0.1) is 5.92 Å². The predicted molar refractivity (Wildman–Crippen MR) is 72.7 cm³/mol. The van der Waals surface area contributed by atoms with Gasteiger partial charge in [0.1, 0.15) is 0 Å². The van der Waals surface area contributed by atoms with Gasteiger partial charge in [0.05, 0.1) is 0 Å². The van der Waals surface area contributed by atoms with Gasteiger partial charge in [0, 0.05) is 10.5 Å². The Morgan fingerprint density at radius 3 is 2.88 bits per heavy atom. The van der Waals surface area contributed by atoms with Crippen LogP contribution < -0.4 is 5.32 Å². The van der Waals surface area contributed by atoms with E-state index in [1.165, 1.54) is 42.1 Å². The maximum absolute atomic E-state index is 3.54. The molecule has 0 amide bonds. The molecule has 88 valence electrons. The zero-order valence-corrected chi connectivity index (χ0v) is 11.5. The summed E-state index contributed by atoms with van der Waals surface area (Å²) in [6.45, 7) is 0. The molecule has 2 rings (SSSR count). The Kier molecular flexibility index (Phi) is 4.42. The third-order valence-corrected chi connectivity index (χ3v) is 4.16. The Balaban J connectivity index is 2.02. The van der Waals surface area contributed by atoms with Crippen LogP contribution in [0.1, 0.15) is 31.2 Å². The third-order valence-electron chi connectivity index (χ3n) is 3.67. The summed E-state index contributed by atoms with van der Waals surface area (Å²) in [4.78, 5) is 0. The van der Waals surface area contributed by atoms with Gasteiger partial charge in [-0.2, -0.15) is 0 Å². The molecule has 1 aromatic carbocycles. The molecule has 1 aromatic rings. The monoisotopic (exact) mass is 281 g/mol. The molecule has 1 fully saturated rings. The van der Waals surface area contributed by atoms with Crippen molar-refractivity contribution in [1.29, 1.82) is 0 Å². The second-order valence-corrected chi connectivity index (χ2v) is 5.69. The summed E-state index contributed by atoms with van der Waals surface area (Å²) in [5.74, 6) is 0.813. The second kappa shape index (κ2) is 5.83. The highest BCUT2D eigenvalue weighted by atomic mass is 79.9. The van der Waals surface area contributed by atoms with Crippen molar-refractivity contribution >= 4 is 15.9 Å². The number of benzene rings is 1. The molecule has 0 heterocycles. The molecule has 0 bridgehead atoms. The molecule has 2 atom stereocenters. The number of hydrogen-bond donors (Lipinski definition) is 1. The molecule has 1 aliphatic carbocycles. The third kappa shape index (κ3) is 3.08. The predicted octanol–water partition coefficient (Wildman–Crippen LogP) is 3.77. The Hall–Kier alpha value is -0.340. The van der Waals surface area contributed by atoms with Crippen LogP contribution in [0.2, 0.25) is 0 Å². The van der Waals surface area contributed by atoms with E-state index in [1.807, 2.05) is 0 Å². The molecule has 1 nitrogen and oxygen atoms in total. The first-order valence-corrected chi connectivity index (χ1v) is 7.00. The molecule has 0 aromatic heterocycles. The van der Waals surface area contributed by atoms with Crippen LogP contribution in [0.4, 0.5) is 0 Å². The molecule has 2 heteroatoms. The van der Waals surface area contributed by atoms with Crippen molar-refractivity contribution in [2.45, 2.75) is 38.1 Å². The highest BCUT2D eigenvalue weighted by Crippen LogP contribution is 2.28. The lowest BCUT2D eigenvalue weighted by atomic mass is 9.81. The normalized spacial score (nSPS) is 25.6. The smallest absolute Gasteiger partial charge is 0.0177 e. The molecular formula is C14H20BrN.